The maximum atomic E-state index is 12.5. The molecule has 0 bridgehead atoms. The van der Waals surface area contributed by atoms with Crippen LogP contribution in [0.15, 0.2) is 46.9 Å². The van der Waals surface area contributed by atoms with Crippen molar-refractivity contribution in [1.29, 1.82) is 0 Å². The predicted molar refractivity (Wildman–Crippen MR) is 91.4 cm³/mol. The number of fused-ring (bicyclic) bond motifs is 1. The first kappa shape index (κ1) is 15.8. The third-order valence-corrected chi connectivity index (χ3v) is 3.86. The average molecular weight is 323 g/mol. The number of benzene rings is 2. The van der Waals surface area contributed by atoms with Gasteiger partial charge in [-0.3, -0.25) is 4.79 Å². The second kappa shape index (κ2) is 6.20. The van der Waals surface area contributed by atoms with Crippen molar-refractivity contribution >= 4 is 28.5 Å². The zero-order valence-electron chi connectivity index (χ0n) is 13.7. The Labute approximate surface area is 139 Å². The summed E-state index contributed by atoms with van der Waals surface area (Å²) in [5, 5.41) is 3.71. The molecule has 0 fully saturated rings. The van der Waals surface area contributed by atoms with Crippen molar-refractivity contribution in [3.63, 3.8) is 0 Å². The molecule has 5 heteroatoms. The minimum absolute atomic E-state index is 0.285. The van der Waals surface area contributed by atoms with E-state index in [1.54, 1.807) is 24.3 Å². The largest absolute Gasteiger partial charge is 0.465 e. The molecule has 0 aliphatic carbocycles. The first-order chi connectivity index (χ1) is 11.5. The highest BCUT2D eigenvalue weighted by molar-refractivity contribution is 6.06. The van der Waals surface area contributed by atoms with Gasteiger partial charge in [0, 0.05) is 16.6 Å². The van der Waals surface area contributed by atoms with E-state index in [2.05, 4.69) is 10.1 Å². The van der Waals surface area contributed by atoms with Crippen LogP contribution in [0.3, 0.4) is 0 Å². The van der Waals surface area contributed by atoms with Crippen molar-refractivity contribution in [2.24, 2.45) is 0 Å². The highest BCUT2D eigenvalue weighted by Crippen LogP contribution is 2.27. The van der Waals surface area contributed by atoms with Crippen molar-refractivity contribution in [2.45, 2.75) is 13.8 Å². The minimum atomic E-state index is -0.420. The number of rotatable bonds is 3. The zero-order chi connectivity index (χ0) is 17.3. The van der Waals surface area contributed by atoms with E-state index in [1.807, 2.05) is 32.0 Å². The van der Waals surface area contributed by atoms with Crippen LogP contribution < -0.4 is 5.32 Å². The van der Waals surface area contributed by atoms with Crippen molar-refractivity contribution in [3.05, 3.63) is 64.9 Å². The summed E-state index contributed by atoms with van der Waals surface area (Å²) in [5.74, 6) is -0.462. The fourth-order valence-electron chi connectivity index (χ4n) is 2.55. The Kier molecular flexibility index (Phi) is 4.08. The van der Waals surface area contributed by atoms with Gasteiger partial charge in [0.05, 0.1) is 12.7 Å². The lowest BCUT2D eigenvalue weighted by Crippen LogP contribution is -2.12. The fourth-order valence-corrected chi connectivity index (χ4v) is 2.55. The summed E-state index contributed by atoms with van der Waals surface area (Å²) in [6, 6.07) is 12.3. The Hall–Kier alpha value is -3.08. The highest BCUT2D eigenvalue weighted by Gasteiger charge is 2.18. The second-order valence-corrected chi connectivity index (χ2v) is 5.58. The molecule has 0 radical (unpaired) electrons. The van der Waals surface area contributed by atoms with Gasteiger partial charge in [-0.1, -0.05) is 11.6 Å². The van der Waals surface area contributed by atoms with Crippen molar-refractivity contribution in [3.8, 4) is 0 Å². The summed E-state index contributed by atoms with van der Waals surface area (Å²) in [6.45, 7) is 3.86. The van der Waals surface area contributed by atoms with E-state index >= 15 is 0 Å². The molecule has 24 heavy (non-hydrogen) atoms. The van der Waals surface area contributed by atoms with Gasteiger partial charge in [-0.15, -0.1) is 0 Å². The standard InChI is InChI=1S/C19H17NO4/c1-11-4-9-16-15(10-11)12(2)17(24-16)18(21)20-14-7-5-13(6-8-14)19(22)23-3/h4-10H,1-3H3,(H,20,21). The van der Waals surface area contributed by atoms with Gasteiger partial charge >= 0.3 is 5.97 Å². The molecule has 0 saturated carbocycles. The summed E-state index contributed by atoms with van der Waals surface area (Å²) in [5.41, 5.74) is 3.59. The predicted octanol–water partition coefficient (Wildman–Crippen LogP) is 4.09. The van der Waals surface area contributed by atoms with Crippen molar-refractivity contribution in [1.82, 2.24) is 0 Å². The van der Waals surface area contributed by atoms with Gasteiger partial charge in [-0.2, -0.15) is 0 Å². The SMILES string of the molecule is COC(=O)c1ccc(NC(=O)c2oc3ccc(C)cc3c2C)cc1. The molecule has 5 nitrogen and oxygen atoms in total. The Balaban J connectivity index is 1.85. The number of ether oxygens (including phenoxy) is 1. The Morgan fingerprint density at radius 1 is 1.04 bits per heavy atom. The first-order valence-corrected chi connectivity index (χ1v) is 7.49. The van der Waals surface area contributed by atoms with E-state index in [0.717, 1.165) is 16.5 Å². The van der Waals surface area contributed by atoms with Gasteiger partial charge in [0.25, 0.3) is 5.91 Å². The molecule has 1 N–H and O–H groups in total. The number of carbonyl (C=O) groups is 2. The van der Waals surface area contributed by atoms with Gasteiger partial charge < -0.3 is 14.5 Å². The molecular weight excluding hydrogens is 306 g/mol. The molecule has 1 aromatic heterocycles. The molecule has 2 aromatic carbocycles. The maximum Gasteiger partial charge on any atom is 0.337 e. The number of aryl methyl sites for hydroxylation is 2. The second-order valence-electron chi connectivity index (χ2n) is 5.58. The molecule has 1 amide bonds. The van der Waals surface area contributed by atoms with E-state index in [-0.39, 0.29) is 11.7 Å². The van der Waals surface area contributed by atoms with Gasteiger partial charge in [0.2, 0.25) is 0 Å². The summed E-state index contributed by atoms with van der Waals surface area (Å²) in [6.07, 6.45) is 0. The maximum absolute atomic E-state index is 12.5. The van der Waals surface area contributed by atoms with Gasteiger partial charge in [0.1, 0.15) is 5.58 Å². The Bertz CT molecular complexity index is 922. The molecule has 1 heterocycles. The van der Waals surface area contributed by atoms with E-state index in [0.29, 0.717) is 16.8 Å². The molecule has 0 atom stereocenters. The van der Waals surface area contributed by atoms with Gasteiger partial charge in [-0.25, -0.2) is 4.79 Å². The van der Waals surface area contributed by atoms with Crippen LogP contribution in [0.5, 0.6) is 0 Å². The van der Waals surface area contributed by atoms with Crippen LogP contribution in [0, 0.1) is 13.8 Å². The van der Waals surface area contributed by atoms with Crippen LogP contribution in [-0.2, 0) is 4.74 Å². The molecule has 0 unspecified atom stereocenters. The lowest BCUT2D eigenvalue weighted by atomic mass is 10.1. The fraction of sp³-hybridized carbons (Fsp3) is 0.158. The average Bonchev–Trinajstić information content (AvgIpc) is 2.91. The molecule has 0 saturated heterocycles. The number of amides is 1. The van der Waals surface area contributed by atoms with Crippen LogP contribution in [0.2, 0.25) is 0 Å². The summed E-state index contributed by atoms with van der Waals surface area (Å²) >= 11 is 0. The lowest BCUT2D eigenvalue weighted by Gasteiger charge is -2.05. The zero-order valence-corrected chi connectivity index (χ0v) is 13.7. The van der Waals surface area contributed by atoms with Crippen LogP contribution >= 0.6 is 0 Å². The molecule has 122 valence electrons. The number of nitrogens with one attached hydrogen (secondary N) is 1. The summed E-state index contributed by atoms with van der Waals surface area (Å²) in [7, 11) is 1.32. The van der Waals surface area contributed by atoms with Crippen molar-refractivity contribution < 1.29 is 18.7 Å². The smallest absolute Gasteiger partial charge is 0.337 e. The normalized spacial score (nSPS) is 10.6. The monoisotopic (exact) mass is 323 g/mol. The molecular formula is C19H17NO4. The minimum Gasteiger partial charge on any atom is -0.465 e. The van der Waals surface area contributed by atoms with E-state index in [1.165, 1.54) is 7.11 Å². The number of esters is 1. The number of carbonyl (C=O) groups excluding carboxylic acids is 2. The Morgan fingerprint density at radius 2 is 1.75 bits per heavy atom. The molecule has 3 aromatic rings. The van der Waals surface area contributed by atoms with Crippen LogP contribution in [0.1, 0.15) is 32.0 Å². The van der Waals surface area contributed by atoms with Crippen molar-refractivity contribution in [2.75, 3.05) is 12.4 Å². The number of hydrogen-bond acceptors (Lipinski definition) is 4. The Morgan fingerprint density at radius 3 is 2.42 bits per heavy atom. The van der Waals surface area contributed by atoms with E-state index < -0.39 is 5.97 Å². The van der Waals surface area contributed by atoms with Gasteiger partial charge in [-0.05, 0) is 50.2 Å². The van der Waals surface area contributed by atoms with E-state index in [4.69, 9.17) is 4.42 Å². The molecule has 3 rings (SSSR count). The molecule has 0 aliphatic rings. The topological polar surface area (TPSA) is 68.5 Å². The number of anilines is 1. The third-order valence-electron chi connectivity index (χ3n) is 3.86. The highest BCUT2D eigenvalue weighted by atomic mass is 16.5. The van der Waals surface area contributed by atoms with E-state index in [9.17, 15) is 9.59 Å². The van der Waals surface area contributed by atoms with Crippen LogP contribution in [0.4, 0.5) is 5.69 Å². The number of furan rings is 1. The van der Waals surface area contributed by atoms with Crippen LogP contribution in [-0.4, -0.2) is 19.0 Å². The first-order valence-electron chi connectivity index (χ1n) is 7.49. The van der Waals surface area contributed by atoms with Gasteiger partial charge in [0.15, 0.2) is 5.76 Å². The molecule has 0 aliphatic heterocycles. The summed E-state index contributed by atoms with van der Waals surface area (Å²) in [4.78, 5) is 23.9. The third kappa shape index (κ3) is 2.88. The van der Waals surface area contributed by atoms with Crippen LogP contribution in [0.25, 0.3) is 11.0 Å². The number of methoxy groups -OCH3 is 1. The molecule has 0 spiro atoms. The summed E-state index contributed by atoms with van der Waals surface area (Å²) < 4.78 is 10.3. The number of hydrogen-bond donors (Lipinski definition) is 1. The quantitative estimate of drug-likeness (QED) is 0.737. The lowest BCUT2D eigenvalue weighted by molar-refractivity contribution is 0.0600.